The van der Waals surface area contributed by atoms with E-state index in [9.17, 15) is 4.79 Å². The van der Waals surface area contributed by atoms with E-state index in [2.05, 4.69) is 34.3 Å². The molecular formula is C18H22ClN3OS. The van der Waals surface area contributed by atoms with Gasteiger partial charge in [-0.05, 0) is 36.2 Å². The summed E-state index contributed by atoms with van der Waals surface area (Å²) in [5, 5.41) is 5.75. The molecule has 1 aromatic heterocycles. The highest BCUT2D eigenvalue weighted by Crippen LogP contribution is 2.23. The van der Waals surface area contributed by atoms with Crippen molar-refractivity contribution in [3.63, 3.8) is 0 Å². The van der Waals surface area contributed by atoms with Crippen LogP contribution in [0, 0.1) is 0 Å². The van der Waals surface area contributed by atoms with Gasteiger partial charge in [0.25, 0.3) is 5.91 Å². The number of carbonyl (C=O) groups is 1. The van der Waals surface area contributed by atoms with Gasteiger partial charge < -0.3 is 10.2 Å². The second-order valence-electron chi connectivity index (χ2n) is 6.09. The van der Waals surface area contributed by atoms with E-state index in [0.29, 0.717) is 6.54 Å². The summed E-state index contributed by atoms with van der Waals surface area (Å²) in [6, 6.07) is 11.9. The summed E-state index contributed by atoms with van der Waals surface area (Å²) in [5.74, 6) is -0.00177. The molecule has 6 heteroatoms. The number of rotatable bonds is 5. The van der Waals surface area contributed by atoms with E-state index in [1.165, 1.54) is 16.9 Å². The van der Waals surface area contributed by atoms with Crippen LogP contribution in [0.15, 0.2) is 41.8 Å². The van der Waals surface area contributed by atoms with Crippen LogP contribution in [-0.4, -0.2) is 55.5 Å². The van der Waals surface area contributed by atoms with E-state index >= 15 is 0 Å². The molecule has 0 radical (unpaired) electrons. The average Bonchev–Trinajstić information content (AvgIpc) is 3.12. The maximum atomic E-state index is 12.3. The lowest BCUT2D eigenvalue weighted by Crippen LogP contribution is -2.48. The zero-order chi connectivity index (χ0) is 16.9. The van der Waals surface area contributed by atoms with Crippen LogP contribution in [0.2, 0.25) is 5.02 Å². The van der Waals surface area contributed by atoms with Gasteiger partial charge in [-0.2, -0.15) is 0 Å². The smallest absolute Gasteiger partial charge is 0.261 e. The zero-order valence-electron chi connectivity index (χ0n) is 13.7. The Balaban J connectivity index is 1.71. The molecule has 1 atom stereocenters. The summed E-state index contributed by atoms with van der Waals surface area (Å²) in [5.41, 5.74) is 1.19. The minimum absolute atomic E-state index is 0.00177. The van der Waals surface area contributed by atoms with Crippen LogP contribution in [0.4, 0.5) is 0 Å². The van der Waals surface area contributed by atoms with Crippen molar-refractivity contribution in [1.82, 2.24) is 15.1 Å². The van der Waals surface area contributed by atoms with E-state index < -0.39 is 0 Å². The van der Waals surface area contributed by atoms with Crippen LogP contribution in [0.25, 0.3) is 0 Å². The number of hydrogen-bond donors (Lipinski definition) is 1. The first-order valence-electron chi connectivity index (χ1n) is 8.13. The van der Waals surface area contributed by atoms with Crippen molar-refractivity contribution in [2.45, 2.75) is 6.04 Å². The Bertz CT molecular complexity index is 651. The van der Waals surface area contributed by atoms with Crippen molar-refractivity contribution in [2.75, 3.05) is 39.8 Å². The number of benzene rings is 1. The molecule has 0 unspecified atom stereocenters. The average molecular weight is 364 g/mol. The number of halogens is 1. The standard InChI is InChI=1S/C18H22ClN3OS/c1-21-8-10-22(11-9-21)16(14-4-6-15(19)7-5-14)13-20-18(23)17-3-2-12-24-17/h2-7,12,16H,8-11,13H2,1H3,(H,20,23)/t16-/m1/s1. The van der Waals surface area contributed by atoms with Gasteiger partial charge in [0.05, 0.1) is 10.9 Å². The molecule has 0 bridgehead atoms. The van der Waals surface area contributed by atoms with Gasteiger partial charge in [0, 0.05) is 37.7 Å². The highest BCUT2D eigenvalue weighted by atomic mass is 35.5. The molecule has 0 saturated carbocycles. The summed E-state index contributed by atoms with van der Waals surface area (Å²) in [7, 11) is 2.15. The van der Waals surface area contributed by atoms with Crippen LogP contribution >= 0.6 is 22.9 Å². The number of piperazine rings is 1. The molecule has 128 valence electrons. The van der Waals surface area contributed by atoms with Crippen molar-refractivity contribution < 1.29 is 4.79 Å². The number of nitrogens with one attached hydrogen (secondary N) is 1. The first-order chi connectivity index (χ1) is 11.6. The molecule has 2 heterocycles. The Labute approximate surface area is 152 Å². The summed E-state index contributed by atoms with van der Waals surface area (Å²) in [4.78, 5) is 17.8. The van der Waals surface area contributed by atoms with Crippen LogP contribution in [0.1, 0.15) is 21.3 Å². The highest BCUT2D eigenvalue weighted by Gasteiger charge is 2.24. The van der Waals surface area contributed by atoms with Gasteiger partial charge in [-0.1, -0.05) is 29.8 Å². The van der Waals surface area contributed by atoms with E-state index in [-0.39, 0.29) is 11.9 Å². The monoisotopic (exact) mass is 363 g/mol. The Kier molecular flexibility index (Phi) is 5.89. The molecule has 3 rings (SSSR count). The Morgan fingerprint density at radius 2 is 1.92 bits per heavy atom. The number of nitrogens with zero attached hydrogens (tertiary/aromatic N) is 2. The molecule has 1 aliphatic heterocycles. The highest BCUT2D eigenvalue weighted by molar-refractivity contribution is 7.12. The number of amides is 1. The first-order valence-corrected chi connectivity index (χ1v) is 9.39. The summed E-state index contributed by atoms with van der Waals surface area (Å²) < 4.78 is 0. The quantitative estimate of drug-likeness (QED) is 0.886. The SMILES string of the molecule is CN1CCN([C@H](CNC(=O)c2cccs2)c2ccc(Cl)cc2)CC1. The molecule has 0 aliphatic carbocycles. The van der Waals surface area contributed by atoms with Crippen molar-refractivity contribution in [3.8, 4) is 0 Å². The largest absolute Gasteiger partial charge is 0.349 e. The predicted octanol–water partition coefficient (Wildman–Crippen LogP) is 3.12. The molecule has 1 aromatic carbocycles. The number of hydrogen-bond acceptors (Lipinski definition) is 4. The van der Waals surface area contributed by atoms with Crippen LogP contribution in [-0.2, 0) is 0 Å². The second kappa shape index (κ2) is 8.12. The number of likely N-dealkylation sites (N-methyl/N-ethyl adjacent to an activating group) is 1. The molecule has 2 aromatic rings. The topological polar surface area (TPSA) is 35.6 Å². The van der Waals surface area contributed by atoms with Crippen LogP contribution < -0.4 is 5.32 Å². The fourth-order valence-corrected chi connectivity index (χ4v) is 3.73. The van der Waals surface area contributed by atoms with Gasteiger partial charge in [0.2, 0.25) is 0 Å². The second-order valence-corrected chi connectivity index (χ2v) is 7.48. The van der Waals surface area contributed by atoms with E-state index in [0.717, 1.165) is 36.1 Å². The van der Waals surface area contributed by atoms with Gasteiger partial charge in [-0.25, -0.2) is 0 Å². The van der Waals surface area contributed by atoms with Gasteiger partial charge in [-0.15, -0.1) is 11.3 Å². The summed E-state index contributed by atoms with van der Waals surface area (Å²) in [6.45, 7) is 4.69. The predicted molar refractivity (Wildman–Crippen MR) is 99.9 cm³/mol. The third-order valence-corrected chi connectivity index (χ3v) is 5.55. The minimum atomic E-state index is -0.00177. The Morgan fingerprint density at radius 1 is 1.21 bits per heavy atom. The Hall–Kier alpha value is -1.40. The molecule has 1 N–H and O–H groups in total. The van der Waals surface area contributed by atoms with E-state index in [1.54, 1.807) is 0 Å². The lowest BCUT2D eigenvalue weighted by atomic mass is 10.0. The summed E-state index contributed by atoms with van der Waals surface area (Å²) >= 11 is 7.49. The molecule has 4 nitrogen and oxygen atoms in total. The third kappa shape index (κ3) is 4.36. The zero-order valence-corrected chi connectivity index (χ0v) is 15.3. The molecule has 24 heavy (non-hydrogen) atoms. The van der Waals surface area contributed by atoms with Gasteiger partial charge in [0.15, 0.2) is 0 Å². The molecule has 1 saturated heterocycles. The maximum Gasteiger partial charge on any atom is 0.261 e. The first kappa shape index (κ1) is 17.4. The maximum absolute atomic E-state index is 12.3. The van der Waals surface area contributed by atoms with Crippen LogP contribution in [0.3, 0.4) is 0 Å². The van der Waals surface area contributed by atoms with Crippen molar-refractivity contribution in [1.29, 1.82) is 0 Å². The normalized spacial score (nSPS) is 17.6. The lowest BCUT2D eigenvalue weighted by Gasteiger charge is -2.38. The van der Waals surface area contributed by atoms with Gasteiger partial charge >= 0.3 is 0 Å². The van der Waals surface area contributed by atoms with Crippen molar-refractivity contribution in [3.05, 3.63) is 57.2 Å². The molecular weight excluding hydrogens is 342 g/mol. The molecule has 1 aliphatic rings. The molecule has 1 amide bonds. The number of carbonyl (C=O) groups excluding carboxylic acids is 1. The Morgan fingerprint density at radius 3 is 2.54 bits per heavy atom. The van der Waals surface area contributed by atoms with Gasteiger partial charge in [0.1, 0.15) is 0 Å². The van der Waals surface area contributed by atoms with Gasteiger partial charge in [-0.3, -0.25) is 9.69 Å². The molecule has 1 fully saturated rings. The van der Waals surface area contributed by atoms with E-state index in [4.69, 9.17) is 11.6 Å². The fourth-order valence-electron chi connectivity index (χ4n) is 2.96. The number of thiophene rings is 1. The van der Waals surface area contributed by atoms with E-state index in [1.807, 2.05) is 29.6 Å². The van der Waals surface area contributed by atoms with Crippen molar-refractivity contribution >= 4 is 28.8 Å². The minimum Gasteiger partial charge on any atom is -0.349 e. The summed E-state index contributed by atoms with van der Waals surface area (Å²) in [6.07, 6.45) is 0. The fraction of sp³-hybridized carbons (Fsp3) is 0.389. The lowest BCUT2D eigenvalue weighted by molar-refractivity contribution is 0.0889. The third-order valence-electron chi connectivity index (χ3n) is 4.43. The van der Waals surface area contributed by atoms with Crippen LogP contribution in [0.5, 0.6) is 0 Å². The van der Waals surface area contributed by atoms with Crippen molar-refractivity contribution in [2.24, 2.45) is 0 Å². The molecule has 0 spiro atoms.